The first-order chi connectivity index (χ1) is 2.41. The zero-order valence-corrected chi connectivity index (χ0v) is 8.95. The topological polar surface area (TPSA) is 52.0 Å². The monoisotopic (exact) mass is 168 g/mol. The van der Waals surface area contributed by atoms with Gasteiger partial charge in [0.2, 0.25) is 0 Å². The summed E-state index contributed by atoms with van der Waals surface area (Å²) in [4.78, 5) is 0. The van der Waals surface area contributed by atoms with E-state index in [0.29, 0.717) is 0 Å². The first-order valence-electron chi connectivity index (χ1n) is 1.82. The van der Waals surface area contributed by atoms with Gasteiger partial charge in [0.15, 0.2) is 0 Å². The van der Waals surface area contributed by atoms with E-state index < -0.39 is 0 Å². The van der Waals surface area contributed by atoms with E-state index in [1.54, 1.807) is 0 Å². The van der Waals surface area contributed by atoms with E-state index >= 15 is 0 Å². The van der Waals surface area contributed by atoms with Gasteiger partial charge in [0, 0.05) is 0 Å². The Balaban J connectivity index is -0.0000000267. The van der Waals surface area contributed by atoms with Crippen LogP contribution in [0.4, 0.5) is 0 Å². The summed E-state index contributed by atoms with van der Waals surface area (Å²) in [5, 5.41) is 0. The fourth-order valence-corrected chi connectivity index (χ4v) is 0.118. The van der Waals surface area contributed by atoms with Crippen LogP contribution in [-0.4, -0.2) is 13.1 Å². The summed E-state index contributed by atoms with van der Waals surface area (Å²) >= 11 is 0. The van der Waals surface area contributed by atoms with Gasteiger partial charge in [-0.25, -0.2) is 0 Å². The number of hydrogen-bond donors (Lipinski definition) is 2. The summed E-state index contributed by atoms with van der Waals surface area (Å²) < 4.78 is 0. The van der Waals surface area contributed by atoms with E-state index in [0.717, 1.165) is 19.5 Å². The summed E-state index contributed by atoms with van der Waals surface area (Å²) in [5.41, 5.74) is 10.1. The summed E-state index contributed by atoms with van der Waals surface area (Å²) in [5.74, 6) is 0. The molecule has 0 aliphatic heterocycles. The quantitative estimate of drug-likeness (QED) is 0.458. The molecule has 0 aromatic heterocycles. The van der Waals surface area contributed by atoms with E-state index in [2.05, 4.69) is 0 Å². The van der Waals surface area contributed by atoms with Gasteiger partial charge in [-0.3, -0.25) is 0 Å². The maximum absolute atomic E-state index is 5.06. The molecule has 0 aromatic rings. The van der Waals surface area contributed by atoms with Gasteiger partial charge in [-0.15, -0.1) is 0 Å². The third kappa shape index (κ3) is 31.1. The molecular weight excluding hydrogens is 153 g/mol. The third-order valence-electron chi connectivity index (χ3n) is 0.408. The van der Waals surface area contributed by atoms with Crippen LogP contribution >= 0.6 is 0 Å². The Bertz CT molecular complexity index is 17.9. The van der Waals surface area contributed by atoms with Gasteiger partial charge in [-0.2, -0.15) is 0 Å². The van der Waals surface area contributed by atoms with E-state index in [4.69, 9.17) is 11.5 Å². The van der Waals surface area contributed by atoms with Crippen LogP contribution in [0, 0.1) is 14.9 Å². The molecule has 8 heavy (non-hydrogen) atoms. The minimum atomic E-state index is 0. The van der Waals surface area contributed by atoms with Gasteiger partial charge >= 0.3 is 19.5 Å². The van der Waals surface area contributed by atoms with Crippen molar-refractivity contribution >= 4 is 0 Å². The van der Waals surface area contributed by atoms with Gasteiger partial charge in [-0.05, 0) is 19.5 Å². The Labute approximate surface area is 65.8 Å². The van der Waals surface area contributed by atoms with E-state index in [1.807, 2.05) is 0 Å². The van der Waals surface area contributed by atoms with Crippen LogP contribution in [0.5, 0.6) is 0 Å². The van der Waals surface area contributed by atoms with Crippen LogP contribution in [0.15, 0.2) is 0 Å². The largest absolute Gasteiger partial charge is 2.00 e. The van der Waals surface area contributed by atoms with Crippen molar-refractivity contribution in [1.82, 2.24) is 0 Å². The molecule has 0 aliphatic rings. The standard InChI is InChI=1S/C3H10N2.2CH3.Zn/c4-2-1-3-5;;;/h1-5H2;2*1H3;/q;2*-1;+2. The normalized spacial score (nSPS) is 5.25. The minimum absolute atomic E-state index is 0. The van der Waals surface area contributed by atoms with Crippen molar-refractivity contribution in [3.05, 3.63) is 14.9 Å². The second kappa shape index (κ2) is 25.7. The van der Waals surface area contributed by atoms with Crippen LogP contribution in [0.3, 0.4) is 0 Å². The van der Waals surface area contributed by atoms with Crippen LogP contribution < -0.4 is 11.5 Å². The molecule has 2 nitrogen and oxygen atoms in total. The van der Waals surface area contributed by atoms with E-state index in [-0.39, 0.29) is 34.3 Å². The molecule has 0 radical (unpaired) electrons. The second-order valence-electron chi connectivity index (χ2n) is 0.931. The molecule has 0 rings (SSSR count). The number of hydrogen-bond acceptors (Lipinski definition) is 2. The molecule has 0 saturated carbocycles. The summed E-state index contributed by atoms with van der Waals surface area (Å²) in [6, 6.07) is 0. The molecule has 4 N–H and O–H groups in total. The second-order valence-corrected chi connectivity index (χ2v) is 0.931. The molecule has 0 heterocycles. The summed E-state index contributed by atoms with van der Waals surface area (Å²) in [6.45, 7) is 1.44. The Morgan fingerprint density at radius 2 is 1.12 bits per heavy atom. The van der Waals surface area contributed by atoms with Crippen molar-refractivity contribution in [3.63, 3.8) is 0 Å². The average Bonchev–Trinajstić information content (AvgIpc) is 1.41. The van der Waals surface area contributed by atoms with Crippen LogP contribution in [0.1, 0.15) is 6.42 Å². The van der Waals surface area contributed by atoms with Crippen molar-refractivity contribution in [2.24, 2.45) is 11.5 Å². The molecule has 0 amide bonds. The Hall–Kier alpha value is 0.543. The third-order valence-corrected chi connectivity index (χ3v) is 0.408. The van der Waals surface area contributed by atoms with Crippen LogP contribution in [0.2, 0.25) is 0 Å². The van der Waals surface area contributed by atoms with Crippen LogP contribution in [-0.2, 0) is 19.5 Å². The predicted molar refractivity (Wildman–Crippen MR) is 35.6 cm³/mol. The van der Waals surface area contributed by atoms with Crippen molar-refractivity contribution < 1.29 is 19.5 Å². The predicted octanol–water partition coefficient (Wildman–Crippen LogP) is 0.192. The SMILES string of the molecule is NCCCN.[CH3-].[CH3-].[Zn+2]. The summed E-state index contributed by atoms with van der Waals surface area (Å²) in [6.07, 6.45) is 0.944. The van der Waals surface area contributed by atoms with Crippen molar-refractivity contribution in [3.8, 4) is 0 Å². The molecule has 0 spiro atoms. The van der Waals surface area contributed by atoms with Crippen molar-refractivity contribution in [1.29, 1.82) is 0 Å². The Morgan fingerprint density at radius 3 is 1.12 bits per heavy atom. The molecule has 0 unspecified atom stereocenters. The van der Waals surface area contributed by atoms with Crippen molar-refractivity contribution in [2.45, 2.75) is 6.42 Å². The zero-order chi connectivity index (χ0) is 4.12. The fraction of sp³-hybridized carbons (Fsp3) is 0.600. The van der Waals surface area contributed by atoms with E-state index in [1.165, 1.54) is 0 Å². The molecule has 0 atom stereocenters. The maximum Gasteiger partial charge on any atom is 2.00 e. The molecular formula is C5H16N2Zn. The first kappa shape index (κ1) is 23.6. The van der Waals surface area contributed by atoms with Gasteiger partial charge in [-0.1, -0.05) is 0 Å². The number of rotatable bonds is 2. The molecule has 0 saturated heterocycles. The van der Waals surface area contributed by atoms with Gasteiger partial charge in [0.1, 0.15) is 0 Å². The maximum atomic E-state index is 5.06. The molecule has 48 valence electrons. The smallest absolute Gasteiger partial charge is 0.358 e. The molecule has 0 aliphatic carbocycles. The Kier molecular flexibility index (Phi) is 75.7. The zero-order valence-electron chi connectivity index (χ0n) is 5.98. The number of nitrogens with two attached hydrogens (primary N) is 2. The fourth-order valence-electron chi connectivity index (χ4n) is 0.118. The Morgan fingerprint density at radius 1 is 0.875 bits per heavy atom. The van der Waals surface area contributed by atoms with Gasteiger partial charge in [0.05, 0.1) is 0 Å². The average molecular weight is 170 g/mol. The molecule has 3 heteroatoms. The van der Waals surface area contributed by atoms with Crippen LogP contribution in [0.25, 0.3) is 0 Å². The van der Waals surface area contributed by atoms with E-state index in [9.17, 15) is 0 Å². The van der Waals surface area contributed by atoms with Gasteiger partial charge in [0.25, 0.3) is 0 Å². The van der Waals surface area contributed by atoms with Crippen molar-refractivity contribution in [2.75, 3.05) is 13.1 Å². The summed E-state index contributed by atoms with van der Waals surface area (Å²) in [7, 11) is 0. The first-order valence-corrected chi connectivity index (χ1v) is 1.82. The molecule has 0 bridgehead atoms. The minimum Gasteiger partial charge on any atom is -0.358 e. The molecule has 0 fully saturated rings. The van der Waals surface area contributed by atoms with Gasteiger partial charge < -0.3 is 26.3 Å². The molecule has 0 aromatic carbocycles.